The Hall–Kier alpha value is -3.28. The minimum Gasteiger partial charge on any atom is -0.233 e. The molecule has 0 aliphatic heterocycles. The summed E-state index contributed by atoms with van der Waals surface area (Å²) in [5, 5.41) is 19.8. The van der Waals surface area contributed by atoms with E-state index in [1.165, 1.54) is 0 Å². The molecule has 0 N–H and O–H groups in total. The molecule has 22 heavy (non-hydrogen) atoms. The van der Waals surface area contributed by atoms with Crippen LogP contribution < -0.4 is 5.43 Å². The summed E-state index contributed by atoms with van der Waals surface area (Å²) in [6.45, 7) is 0. The van der Waals surface area contributed by atoms with Crippen molar-refractivity contribution in [1.82, 2.24) is 5.43 Å². The van der Waals surface area contributed by atoms with Crippen LogP contribution in [0.4, 0.5) is 17.1 Å². The number of nitrogens with zero attached hydrogens (tertiary/aromatic N) is 4. The fourth-order valence-corrected chi connectivity index (χ4v) is 2.12. The van der Waals surface area contributed by atoms with Crippen molar-refractivity contribution < 1.29 is 5.03 Å². The zero-order valence-corrected chi connectivity index (χ0v) is 11.5. The molecule has 0 amide bonds. The minimum atomic E-state index is -0.719. The van der Waals surface area contributed by atoms with Crippen LogP contribution in [0.1, 0.15) is 0 Å². The summed E-state index contributed by atoms with van der Waals surface area (Å²) >= 11 is 0. The van der Waals surface area contributed by atoms with Crippen LogP contribution in [-0.4, -0.2) is 5.03 Å². The Bertz CT molecular complexity index is 847. The minimum absolute atomic E-state index is 0.211. The highest BCUT2D eigenvalue weighted by atomic mass is 16.7. The Balaban J connectivity index is 2.08. The standard InChI is InChI=1S/C16H11N4O2/c21-20(22)19-16-14-9-5-4-6-12(14)10-11-15(16)18-17-13-7-2-1-3-8-13/h1-11H/b18-17+. The first-order chi connectivity index (χ1) is 10.7. The maximum atomic E-state index is 10.8. The Kier molecular flexibility index (Phi) is 3.74. The maximum absolute atomic E-state index is 10.8. The molecule has 107 valence electrons. The van der Waals surface area contributed by atoms with Crippen molar-refractivity contribution in [2.24, 2.45) is 10.2 Å². The molecule has 0 aromatic heterocycles. The van der Waals surface area contributed by atoms with E-state index in [1.54, 1.807) is 30.3 Å². The molecule has 0 aliphatic carbocycles. The van der Waals surface area contributed by atoms with Crippen LogP contribution in [0.3, 0.4) is 0 Å². The van der Waals surface area contributed by atoms with Crippen molar-refractivity contribution in [3.63, 3.8) is 0 Å². The average Bonchev–Trinajstić information content (AvgIpc) is 2.54. The van der Waals surface area contributed by atoms with Gasteiger partial charge in [0.2, 0.25) is 0 Å². The number of rotatable bonds is 4. The predicted octanol–water partition coefficient (Wildman–Crippen LogP) is 4.68. The Labute approximate surface area is 126 Å². The first kappa shape index (κ1) is 13.7. The van der Waals surface area contributed by atoms with E-state index in [1.807, 2.05) is 36.4 Å². The van der Waals surface area contributed by atoms with Gasteiger partial charge in [-0.15, -0.1) is 5.11 Å². The fraction of sp³-hybridized carbons (Fsp3) is 0. The molecule has 0 heterocycles. The number of nitro groups is 1. The van der Waals surface area contributed by atoms with Gasteiger partial charge in [0.25, 0.3) is 0 Å². The maximum Gasteiger partial charge on any atom is 0.191 e. The SMILES string of the molecule is O=[N+]([O-])[N]c1c(/N=N/c2ccccc2)ccc2ccccc12. The van der Waals surface area contributed by atoms with E-state index in [0.29, 0.717) is 16.8 Å². The monoisotopic (exact) mass is 291 g/mol. The molecule has 0 saturated heterocycles. The zero-order chi connectivity index (χ0) is 15.4. The van der Waals surface area contributed by atoms with Gasteiger partial charge in [-0.2, -0.15) is 5.11 Å². The molecule has 3 aromatic carbocycles. The average molecular weight is 291 g/mol. The van der Waals surface area contributed by atoms with E-state index in [4.69, 9.17) is 0 Å². The number of hydrogen-bond donors (Lipinski definition) is 0. The molecule has 0 fully saturated rings. The third-order valence-electron chi connectivity index (χ3n) is 3.09. The molecular formula is C16H11N4O2. The summed E-state index contributed by atoms with van der Waals surface area (Å²) in [4.78, 5) is 10.8. The highest BCUT2D eigenvalue weighted by Gasteiger charge is 2.15. The fourth-order valence-electron chi connectivity index (χ4n) is 2.12. The van der Waals surface area contributed by atoms with Crippen molar-refractivity contribution in [3.05, 3.63) is 76.8 Å². The lowest BCUT2D eigenvalue weighted by Gasteiger charge is -2.04. The molecule has 0 unspecified atom stereocenters. The second-order valence-corrected chi connectivity index (χ2v) is 4.53. The van der Waals surface area contributed by atoms with Gasteiger partial charge >= 0.3 is 0 Å². The van der Waals surface area contributed by atoms with Crippen molar-refractivity contribution in [1.29, 1.82) is 0 Å². The van der Waals surface area contributed by atoms with Crippen LogP contribution in [0.15, 0.2) is 77.0 Å². The summed E-state index contributed by atoms with van der Waals surface area (Å²) in [6, 6.07) is 20.0. The lowest BCUT2D eigenvalue weighted by molar-refractivity contribution is -0.534. The van der Waals surface area contributed by atoms with E-state index in [2.05, 4.69) is 15.7 Å². The van der Waals surface area contributed by atoms with Gasteiger partial charge in [0.05, 0.1) is 11.1 Å². The van der Waals surface area contributed by atoms with Crippen LogP contribution in [0.5, 0.6) is 0 Å². The summed E-state index contributed by atoms with van der Waals surface area (Å²) in [5.41, 5.74) is 4.71. The van der Waals surface area contributed by atoms with Crippen LogP contribution in [-0.2, 0) is 0 Å². The van der Waals surface area contributed by atoms with E-state index in [0.717, 1.165) is 5.39 Å². The third kappa shape index (κ3) is 2.90. The third-order valence-corrected chi connectivity index (χ3v) is 3.09. The zero-order valence-electron chi connectivity index (χ0n) is 11.5. The Morgan fingerprint density at radius 2 is 1.55 bits per heavy atom. The molecule has 6 nitrogen and oxygen atoms in total. The second-order valence-electron chi connectivity index (χ2n) is 4.53. The van der Waals surface area contributed by atoms with Crippen molar-refractivity contribution in [2.75, 3.05) is 0 Å². The lowest BCUT2D eigenvalue weighted by Crippen LogP contribution is -2.07. The molecule has 0 spiro atoms. The van der Waals surface area contributed by atoms with E-state index >= 15 is 0 Å². The molecule has 0 saturated carbocycles. The first-order valence-corrected chi connectivity index (χ1v) is 6.58. The number of fused-ring (bicyclic) bond motifs is 1. The molecule has 0 atom stereocenters. The van der Waals surface area contributed by atoms with Crippen molar-refractivity contribution >= 4 is 27.8 Å². The molecule has 6 heteroatoms. The quantitative estimate of drug-likeness (QED) is 0.397. The number of benzene rings is 3. The van der Waals surface area contributed by atoms with Gasteiger partial charge in [-0.1, -0.05) is 48.5 Å². The predicted molar refractivity (Wildman–Crippen MR) is 83.4 cm³/mol. The normalized spacial score (nSPS) is 10.9. The lowest BCUT2D eigenvalue weighted by atomic mass is 10.1. The molecule has 0 aliphatic rings. The summed E-state index contributed by atoms with van der Waals surface area (Å²) in [5.74, 6) is 0. The van der Waals surface area contributed by atoms with Gasteiger partial charge in [-0.05, 0) is 23.6 Å². The van der Waals surface area contributed by atoms with E-state index in [9.17, 15) is 10.1 Å². The first-order valence-electron chi connectivity index (χ1n) is 6.58. The van der Waals surface area contributed by atoms with Crippen LogP contribution in [0.2, 0.25) is 0 Å². The highest BCUT2D eigenvalue weighted by Crippen LogP contribution is 2.34. The summed E-state index contributed by atoms with van der Waals surface area (Å²) in [7, 11) is 0. The second kappa shape index (κ2) is 6.01. The summed E-state index contributed by atoms with van der Waals surface area (Å²) < 4.78 is 0. The van der Waals surface area contributed by atoms with E-state index < -0.39 is 5.03 Å². The van der Waals surface area contributed by atoms with Crippen molar-refractivity contribution in [3.8, 4) is 0 Å². The van der Waals surface area contributed by atoms with Crippen LogP contribution in [0.25, 0.3) is 10.8 Å². The summed E-state index contributed by atoms with van der Waals surface area (Å²) in [6.07, 6.45) is 0. The molecule has 0 bridgehead atoms. The number of azo groups is 1. The molecule has 1 radical (unpaired) electrons. The smallest absolute Gasteiger partial charge is 0.191 e. The van der Waals surface area contributed by atoms with Gasteiger partial charge in [0, 0.05) is 5.39 Å². The van der Waals surface area contributed by atoms with Gasteiger partial charge < -0.3 is 0 Å². The topological polar surface area (TPSA) is 82.0 Å². The Morgan fingerprint density at radius 3 is 2.32 bits per heavy atom. The van der Waals surface area contributed by atoms with Crippen LogP contribution >= 0.6 is 0 Å². The Morgan fingerprint density at radius 1 is 0.818 bits per heavy atom. The van der Waals surface area contributed by atoms with Crippen LogP contribution in [0, 0.1) is 10.1 Å². The molecule has 3 aromatic rings. The van der Waals surface area contributed by atoms with Gasteiger partial charge in [0.15, 0.2) is 10.7 Å². The number of hydrogen-bond acceptors (Lipinski definition) is 4. The molecule has 3 rings (SSSR count). The van der Waals surface area contributed by atoms with Crippen molar-refractivity contribution in [2.45, 2.75) is 0 Å². The van der Waals surface area contributed by atoms with Gasteiger partial charge in [-0.25, -0.2) is 10.1 Å². The molecular weight excluding hydrogens is 280 g/mol. The van der Waals surface area contributed by atoms with Gasteiger partial charge in [-0.3, -0.25) is 0 Å². The largest absolute Gasteiger partial charge is 0.233 e. The highest BCUT2D eigenvalue weighted by molar-refractivity contribution is 5.97. The van der Waals surface area contributed by atoms with Gasteiger partial charge in [0.1, 0.15) is 5.69 Å². The van der Waals surface area contributed by atoms with E-state index in [-0.39, 0.29) is 5.69 Å².